The van der Waals surface area contributed by atoms with Crippen LogP contribution in [0.3, 0.4) is 0 Å². The quantitative estimate of drug-likeness (QED) is 0.543. The molecule has 0 spiro atoms. The van der Waals surface area contributed by atoms with Crippen LogP contribution in [-0.2, 0) is 11.3 Å². The van der Waals surface area contributed by atoms with E-state index in [4.69, 9.17) is 28.3 Å². The average Bonchev–Trinajstić information content (AvgIpc) is 3.42. The van der Waals surface area contributed by atoms with Crippen molar-refractivity contribution in [3.05, 3.63) is 70.1 Å². The van der Waals surface area contributed by atoms with Crippen LogP contribution in [0.15, 0.2) is 48.7 Å². The van der Waals surface area contributed by atoms with E-state index in [1.807, 2.05) is 12.3 Å². The minimum absolute atomic E-state index is 0.183. The smallest absolute Gasteiger partial charge is 0.223 e. The van der Waals surface area contributed by atoms with E-state index in [1.54, 1.807) is 28.9 Å². The highest BCUT2D eigenvalue weighted by molar-refractivity contribution is 6.42. The molecule has 1 amide bonds. The first-order valence-corrected chi connectivity index (χ1v) is 11.5. The van der Waals surface area contributed by atoms with Crippen molar-refractivity contribution in [3.63, 3.8) is 0 Å². The fraction of sp³-hybridized carbons (Fsp3) is 0.333. The standard InChI is InChI=1S/C24H23Cl2FN4O/c25-21-8-7-20(11-22(21)26)31-13-17(23(29-31)15-3-5-18(27)6-4-15)12-30-10-9-19(14-30)28-24(32)16-1-2-16/h3-8,11,13,16,19H,1-2,9-10,12,14H2,(H,28,32)/t19-/m0/s1. The number of carbonyl (C=O) groups is 1. The van der Waals surface area contributed by atoms with Gasteiger partial charge < -0.3 is 5.32 Å². The molecule has 1 aromatic heterocycles. The highest BCUT2D eigenvalue weighted by Gasteiger charge is 2.33. The van der Waals surface area contributed by atoms with Crippen molar-refractivity contribution in [3.8, 4) is 16.9 Å². The molecule has 1 atom stereocenters. The molecule has 1 saturated heterocycles. The lowest BCUT2D eigenvalue weighted by Crippen LogP contribution is -2.37. The van der Waals surface area contributed by atoms with Crippen LogP contribution in [-0.4, -0.2) is 39.7 Å². The average molecular weight is 473 g/mol. The van der Waals surface area contributed by atoms with Crippen LogP contribution in [0.4, 0.5) is 4.39 Å². The predicted molar refractivity (Wildman–Crippen MR) is 124 cm³/mol. The highest BCUT2D eigenvalue weighted by Crippen LogP contribution is 2.30. The van der Waals surface area contributed by atoms with E-state index in [9.17, 15) is 9.18 Å². The Balaban J connectivity index is 1.39. The lowest BCUT2D eigenvalue weighted by Gasteiger charge is -2.16. The molecule has 0 unspecified atom stereocenters. The van der Waals surface area contributed by atoms with Gasteiger partial charge in [0, 0.05) is 48.9 Å². The Morgan fingerprint density at radius 1 is 1.09 bits per heavy atom. The summed E-state index contributed by atoms with van der Waals surface area (Å²) in [4.78, 5) is 14.4. The van der Waals surface area contributed by atoms with Gasteiger partial charge in [0.2, 0.25) is 5.91 Å². The molecule has 2 aromatic carbocycles. The second kappa shape index (κ2) is 8.85. The summed E-state index contributed by atoms with van der Waals surface area (Å²) in [5.74, 6) is 0.128. The van der Waals surface area contributed by atoms with Crippen LogP contribution in [0.25, 0.3) is 16.9 Å². The van der Waals surface area contributed by atoms with Gasteiger partial charge in [-0.2, -0.15) is 5.10 Å². The fourth-order valence-corrected chi connectivity index (χ4v) is 4.43. The number of hydrogen-bond donors (Lipinski definition) is 1. The number of rotatable bonds is 6. The van der Waals surface area contributed by atoms with Crippen molar-refractivity contribution in [2.75, 3.05) is 13.1 Å². The topological polar surface area (TPSA) is 50.2 Å². The number of likely N-dealkylation sites (tertiary alicyclic amines) is 1. The SMILES string of the molecule is O=C(N[C@H]1CCN(Cc2cn(-c3ccc(Cl)c(Cl)c3)nc2-c2ccc(F)cc2)C1)C1CC1. The molecule has 0 bridgehead atoms. The summed E-state index contributed by atoms with van der Waals surface area (Å²) in [6.07, 6.45) is 4.94. The van der Waals surface area contributed by atoms with Crippen molar-refractivity contribution in [1.29, 1.82) is 0 Å². The Kier molecular flexibility index (Phi) is 5.93. The van der Waals surface area contributed by atoms with Gasteiger partial charge in [0.15, 0.2) is 0 Å². The van der Waals surface area contributed by atoms with Gasteiger partial charge in [-0.3, -0.25) is 9.69 Å². The number of nitrogens with one attached hydrogen (secondary N) is 1. The van der Waals surface area contributed by atoms with E-state index in [0.29, 0.717) is 16.6 Å². The lowest BCUT2D eigenvalue weighted by atomic mass is 10.1. The molecule has 5 rings (SSSR count). The fourth-order valence-electron chi connectivity index (χ4n) is 4.14. The third-order valence-electron chi connectivity index (χ3n) is 6.04. The Labute approximate surface area is 196 Å². The first-order chi connectivity index (χ1) is 15.5. The van der Waals surface area contributed by atoms with E-state index >= 15 is 0 Å². The monoisotopic (exact) mass is 472 g/mol. The molecule has 2 heterocycles. The molecule has 166 valence electrons. The first kappa shape index (κ1) is 21.4. The Bertz CT molecular complexity index is 1140. The van der Waals surface area contributed by atoms with Gasteiger partial charge in [-0.25, -0.2) is 9.07 Å². The number of halogens is 3. The maximum absolute atomic E-state index is 13.5. The van der Waals surface area contributed by atoms with E-state index < -0.39 is 0 Å². The van der Waals surface area contributed by atoms with Gasteiger partial charge in [0.05, 0.1) is 21.4 Å². The number of aromatic nitrogens is 2. The number of hydrogen-bond acceptors (Lipinski definition) is 3. The van der Waals surface area contributed by atoms with E-state index in [-0.39, 0.29) is 23.7 Å². The summed E-state index contributed by atoms with van der Waals surface area (Å²) >= 11 is 12.3. The zero-order valence-corrected chi connectivity index (χ0v) is 18.9. The Morgan fingerprint density at radius 2 is 1.88 bits per heavy atom. The van der Waals surface area contributed by atoms with Crippen molar-refractivity contribution < 1.29 is 9.18 Å². The number of nitrogens with zero attached hydrogens (tertiary/aromatic N) is 3. The van der Waals surface area contributed by atoms with Crippen LogP contribution in [0.2, 0.25) is 10.0 Å². The number of amides is 1. The van der Waals surface area contributed by atoms with Gasteiger partial charge in [0.1, 0.15) is 5.82 Å². The largest absolute Gasteiger partial charge is 0.352 e. The molecule has 1 N–H and O–H groups in total. The second-order valence-corrected chi connectivity index (χ2v) is 9.37. The van der Waals surface area contributed by atoms with Gasteiger partial charge in [-0.15, -0.1) is 0 Å². The molecule has 5 nitrogen and oxygen atoms in total. The molecule has 32 heavy (non-hydrogen) atoms. The second-order valence-electron chi connectivity index (χ2n) is 8.56. The lowest BCUT2D eigenvalue weighted by molar-refractivity contribution is -0.122. The summed E-state index contributed by atoms with van der Waals surface area (Å²) in [6.45, 7) is 2.39. The molecule has 1 aliphatic carbocycles. The molecule has 2 aliphatic rings. The predicted octanol–water partition coefficient (Wildman–Crippen LogP) is 5.09. The molecule has 8 heteroatoms. The summed E-state index contributed by atoms with van der Waals surface area (Å²) in [5, 5.41) is 8.91. The number of benzene rings is 2. The summed E-state index contributed by atoms with van der Waals surface area (Å²) < 4.78 is 15.3. The van der Waals surface area contributed by atoms with E-state index in [2.05, 4.69) is 10.2 Å². The van der Waals surface area contributed by atoms with Gasteiger partial charge in [-0.1, -0.05) is 23.2 Å². The minimum atomic E-state index is -0.284. The zero-order valence-electron chi connectivity index (χ0n) is 17.4. The summed E-state index contributed by atoms with van der Waals surface area (Å²) in [5.41, 5.74) is 3.46. The third-order valence-corrected chi connectivity index (χ3v) is 6.78. The zero-order chi connectivity index (χ0) is 22.2. The molecule has 0 radical (unpaired) electrons. The normalized spacial score (nSPS) is 18.8. The third kappa shape index (κ3) is 4.68. The molecule has 1 saturated carbocycles. The van der Waals surface area contributed by atoms with Crippen LogP contribution in [0.5, 0.6) is 0 Å². The molecular formula is C24H23Cl2FN4O. The minimum Gasteiger partial charge on any atom is -0.352 e. The van der Waals surface area contributed by atoms with E-state index in [1.165, 1.54) is 12.1 Å². The van der Waals surface area contributed by atoms with Crippen LogP contribution >= 0.6 is 23.2 Å². The first-order valence-electron chi connectivity index (χ1n) is 10.8. The molecule has 2 fully saturated rings. The van der Waals surface area contributed by atoms with Gasteiger partial charge in [0.25, 0.3) is 0 Å². The maximum atomic E-state index is 13.5. The maximum Gasteiger partial charge on any atom is 0.223 e. The van der Waals surface area contributed by atoms with Crippen molar-refractivity contribution >= 4 is 29.1 Å². The summed E-state index contributed by atoms with van der Waals surface area (Å²) in [6, 6.07) is 11.9. The van der Waals surface area contributed by atoms with Crippen molar-refractivity contribution in [2.24, 2.45) is 5.92 Å². The van der Waals surface area contributed by atoms with Gasteiger partial charge >= 0.3 is 0 Å². The van der Waals surface area contributed by atoms with Crippen molar-refractivity contribution in [2.45, 2.75) is 31.8 Å². The van der Waals surface area contributed by atoms with E-state index in [0.717, 1.165) is 54.9 Å². The van der Waals surface area contributed by atoms with Crippen LogP contribution in [0.1, 0.15) is 24.8 Å². The van der Waals surface area contributed by atoms with Crippen LogP contribution < -0.4 is 5.32 Å². The Hall–Kier alpha value is -2.41. The molecule has 3 aromatic rings. The van der Waals surface area contributed by atoms with Gasteiger partial charge in [-0.05, 0) is 61.7 Å². The van der Waals surface area contributed by atoms with Crippen LogP contribution in [0, 0.1) is 11.7 Å². The summed E-state index contributed by atoms with van der Waals surface area (Å²) in [7, 11) is 0. The molecular weight excluding hydrogens is 450 g/mol. The van der Waals surface area contributed by atoms with Crippen molar-refractivity contribution in [1.82, 2.24) is 20.0 Å². The molecule has 1 aliphatic heterocycles. The Morgan fingerprint density at radius 3 is 2.59 bits per heavy atom. The number of carbonyl (C=O) groups excluding carboxylic acids is 1. The highest BCUT2D eigenvalue weighted by atomic mass is 35.5.